The Morgan fingerprint density at radius 1 is 1.90 bits per heavy atom. The van der Waals surface area contributed by atoms with E-state index in [2.05, 4.69) is 5.92 Å². The van der Waals surface area contributed by atoms with E-state index in [0.717, 1.165) is 0 Å². The highest BCUT2D eigenvalue weighted by Gasteiger charge is 2.27. The summed E-state index contributed by atoms with van der Waals surface area (Å²) in [6.07, 6.45) is 5.08. The normalized spacial score (nSPS) is 15.4. The number of carbonyl (C=O) groups excluding carboxylic acids is 1. The Morgan fingerprint density at radius 3 is 2.50 bits per heavy atom. The van der Waals surface area contributed by atoms with Crippen molar-refractivity contribution in [2.75, 3.05) is 12.4 Å². The first kappa shape index (κ1) is 9.48. The summed E-state index contributed by atoms with van der Waals surface area (Å²) in [5.41, 5.74) is 4.40. The predicted molar refractivity (Wildman–Crippen MR) is 41.7 cm³/mol. The van der Waals surface area contributed by atoms with Crippen LogP contribution in [-0.2, 0) is 4.79 Å². The monoisotopic (exact) mass is 159 g/mol. The molecule has 0 amide bonds. The van der Waals surface area contributed by atoms with E-state index >= 15 is 0 Å². The Morgan fingerprint density at radius 2 is 2.40 bits per heavy atom. The average molecular weight is 160 g/mol. The molecule has 56 valence electrons. The van der Waals surface area contributed by atoms with Crippen LogP contribution in [0.4, 0.5) is 0 Å². The summed E-state index contributed by atoms with van der Waals surface area (Å²) in [6.45, 7) is 1.76. The summed E-state index contributed by atoms with van der Waals surface area (Å²) in [5, 5.41) is 0. The number of ketones is 1. The summed E-state index contributed by atoms with van der Waals surface area (Å²) in [7, 11) is 0. The highest BCUT2D eigenvalue weighted by atomic mass is 35.5. The zero-order valence-corrected chi connectivity index (χ0v) is 6.61. The highest BCUT2D eigenvalue weighted by Crippen LogP contribution is 2.14. The fraction of sp³-hybridized carbons (Fsp3) is 0.571. The van der Waals surface area contributed by atoms with Gasteiger partial charge in [-0.25, -0.2) is 0 Å². The molecule has 0 rings (SSSR count). The zero-order valence-electron chi connectivity index (χ0n) is 5.86. The second kappa shape index (κ2) is 3.60. The number of hydrogen-bond acceptors (Lipinski definition) is 2. The molecule has 0 saturated carbocycles. The van der Waals surface area contributed by atoms with Gasteiger partial charge in [0, 0.05) is 6.54 Å². The van der Waals surface area contributed by atoms with Crippen molar-refractivity contribution in [1.82, 2.24) is 0 Å². The van der Waals surface area contributed by atoms with Gasteiger partial charge in [0.05, 0.1) is 11.3 Å². The Labute approximate surface area is 65.7 Å². The van der Waals surface area contributed by atoms with Crippen molar-refractivity contribution >= 4 is 17.4 Å². The number of rotatable bonds is 3. The van der Waals surface area contributed by atoms with Gasteiger partial charge < -0.3 is 5.73 Å². The summed E-state index contributed by atoms with van der Waals surface area (Å²) in [4.78, 5) is 10.9. The average Bonchev–Trinajstić information content (AvgIpc) is 2.01. The van der Waals surface area contributed by atoms with Crippen LogP contribution in [0.25, 0.3) is 0 Å². The largest absolute Gasteiger partial charge is 0.329 e. The fourth-order valence-corrected chi connectivity index (χ4v) is 0.696. The van der Waals surface area contributed by atoms with Crippen molar-refractivity contribution in [2.45, 2.75) is 6.92 Å². The van der Waals surface area contributed by atoms with Gasteiger partial charge in [0.15, 0.2) is 5.78 Å². The molecule has 0 spiro atoms. The third-order valence-electron chi connectivity index (χ3n) is 1.46. The molecule has 0 aliphatic rings. The van der Waals surface area contributed by atoms with E-state index in [1.807, 2.05) is 0 Å². The molecule has 0 aromatic rings. The minimum atomic E-state index is -0.873. The van der Waals surface area contributed by atoms with Crippen LogP contribution in [-0.4, -0.2) is 18.2 Å². The topological polar surface area (TPSA) is 43.1 Å². The Hall–Kier alpha value is -0.520. The molecule has 0 radical (unpaired) electrons. The summed E-state index contributed by atoms with van der Waals surface area (Å²) < 4.78 is 0. The molecule has 0 heterocycles. The Balaban J connectivity index is 4.37. The molecule has 0 bridgehead atoms. The molecular formula is C7H10ClNO. The van der Waals surface area contributed by atoms with E-state index in [1.54, 1.807) is 6.92 Å². The molecule has 0 aromatic carbocycles. The number of Topliss-reactive ketones (excluding diaryl/α,β-unsaturated/α-hetero) is 1. The molecule has 0 fully saturated rings. The van der Waals surface area contributed by atoms with Gasteiger partial charge >= 0.3 is 0 Å². The minimum Gasteiger partial charge on any atom is -0.329 e. The number of halogens is 1. The lowest BCUT2D eigenvalue weighted by molar-refractivity contribution is -0.122. The zero-order chi connectivity index (χ0) is 8.20. The van der Waals surface area contributed by atoms with Crippen molar-refractivity contribution in [1.29, 1.82) is 0 Å². The first-order valence-corrected chi connectivity index (χ1v) is 3.41. The molecule has 0 aromatic heterocycles. The first-order chi connectivity index (χ1) is 4.60. The van der Waals surface area contributed by atoms with E-state index < -0.39 is 5.41 Å². The van der Waals surface area contributed by atoms with Crippen LogP contribution in [0.3, 0.4) is 0 Å². The van der Waals surface area contributed by atoms with E-state index in [-0.39, 0.29) is 18.2 Å². The van der Waals surface area contributed by atoms with Crippen molar-refractivity contribution in [3.63, 3.8) is 0 Å². The second-order valence-electron chi connectivity index (χ2n) is 2.24. The maximum Gasteiger partial charge on any atom is 0.166 e. The number of carbonyl (C=O) groups is 1. The summed E-state index contributed by atoms with van der Waals surface area (Å²) in [6, 6.07) is 0. The smallest absolute Gasteiger partial charge is 0.166 e. The Kier molecular flexibility index (Phi) is 3.41. The molecule has 0 aliphatic heterocycles. The van der Waals surface area contributed by atoms with Crippen molar-refractivity contribution < 1.29 is 4.79 Å². The van der Waals surface area contributed by atoms with E-state index in [0.29, 0.717) is 0 Å². The lowest BCUT2D eigenvalue weighted by Gasteiger charge is -2.17. The molecule has 1 unspecified atom stereocenters. The van der Waals surface area contributed by atoms with Crippen LogP contribution in [0, 0.1) is 17.8 Å². The van der Waals surface area contributed by atoms with Crippen molar-refractivity contribution in [3.05, 3.63) is 0 Å². The van der Waals surface area contributed by atoms with Gasteiger partial charge in [0.25, 0.3) is 0 Å². The molecule has 0 aliphatic carbocycles. The molecule has 0 saturated heterocycles. The number of hydrogen-bond donors (Lipinski definition) is 1. The Bertz CT molecular complexity index is 173. The maximum absolute atomic E-state index is 10.9. The van der Waals surface area contributed by atoms with E-state index in [4.69, 9.17) is 23.8 Å². The van der Waals surface area contributed by atoms with Gasteiger partial charge in [-0.1, -0.05) is 5.92 Å². The second-order valence-corrected chi connectivity index (χ2v) is 2.50. The molecule has 2 N–H and O–H groups in total. The summed E-state index contributed by atoms with van der Waals surface area (Å²) >= 11 is 5.29. The van der Waals surface area contributed by atoms with E-state index in [1.165, 1.54) is 0 Å². The molecule has 10 heavy (non-hydrogen) atoms. The van der Waals surface area contributed by atoms with Gasteiger partial charge in [-0.05, 0) is 6.92 Å². The summed E-state index contributed by atoms with van der Waals surface area (Å²) in [5.74, 6) is 2.05. The lowest BCUT2D eigenvalue weighted by Crippen LogP contribution is -2.35. The molecule has 2 nitrogen and oxygen atoms in total. The first-order valence-electron chi connectivity index (χ1n) is 2.88. The predicted octanol–water partition coefficient (Wildman–Crippen LogP) is 0.392. The van der Waals surface area contributed by atoms with Crippen molar-refractivity contribution in [3.8, 4) is 12.3 Å². The molecular weight excluding hydrogens is 150 g/mol. The number of nitrogens with two attached hydrogens (primary N) is 1. The minimum absolute atomic E-state index is 0.0715. The third-order valence-corrected chi connectivity index (χ3v) is 1.71. The maximum atomic E-state index is 10.9. The standard InChI is InChI=1S/C7H10ClNO/c1-3-7(2,5-9)6(10)4-8/h1H,4-5,9H2,2H3. The van der Waals surface area contributed by atoms with Crippen LogP contribution in [0.2, 0.25) is 0 Å². The van der Waals surface area contributed by atoms with Crippen LogP contribution in [0.5, 0.6) is 0 Å². The van der Waals surface area contributed by atoms with Gasteiger partial charge in [-0.2, -0.15) is 0 Å². The van der Waals surface area contributed by atoms with Crippen LogP contribution in [0.1, 0.15) is 6.92 Å². The SMILES string of the molecule is C#CC(C)(CN)C(=O)CCl. The van der Waals surface area contributed by atoms with Gasteiger partial charge in [-0.15, -0.1) is 18.0 Å². The number of terminal acetylenes is 1. The molecule has 3 heteroatoms. The fourth-order valence-electron chi connectivity index (χ4n) is 0.401. The highest BCUT2D eigenvalue weighted by molar-refractivity contribution is 6.28. The number of alkyl halides is 1. The molecule has 1 atom stereocenters. The third kappa shape index (κ3) is 1.73. The quantitative estimate of drug-likeness (QED) is 0.478. The van der Waals surface area contributed by atoms with Crippen LogP contribution >= 0.6 is 11.6 Å². The van der Waals surface area contributed by atoms with Crippen LogP contribution < -0.4 is 5.73 Å². The van der Waals surface area contributed by atoms with Crippen molar-refractivity contribution in [2.24, 2.45) is 11.1 Å². The lowest BCUT2D eigenvalue weighted by atomic mass is 9.88. The van der Waals surface area contributed by atoms with Gasteiger partial charge in [-0.3, -0.25) is 4.79 Å². The van der Waals surface area contributed by atoms with E-state index in [9.17, 15) is 4.79 Å². The van der Waals surface area contributed by atoms with Gasteiger partial charge in [0.2, 0.25) is 0 Å². The van der Waals surface area contributed by atoms with Crippen LogP contribution in [0.15, 0.2) is 0 Å². The van der Waals surface area contributed by atoms with Gasteiger partial charge in [0.1, 0.15) is 0 Å².